The normalized spacial score (nSPS) is 20.0. The van der Waals surface area contributed by atoms with Crippen LogP contribution in [0.4, 0.5) is 0 Å². The molecule has 0 aromatic heterocycles. The number of carbonyl (C=O) groups is 1. The van der Waals surface area contributed by atoms with Crippen molar-refractivity contribution in [2.24, 2.45) is 0 Å². The monoisotopic (exact) mass is 454 g/mol. The molecular weight excluding hydrogens is 420 g/mol. The van der Waals surface area contributed by atoms with Crippen molar-refractivity contribution in [1.29, 1.82) is 0 Å². The summed E-state index contributed by atoms with van der Waals surface area (Å²) in [4.78, 5) is 12.1. The molecule has 0 radical (unpaired) electrons. The van der Waals surface area contributed by atoms with Gasteiger partial charge in [-0.25, -0.2) is 8.42 Å². The number of hydrogen-bond donors (Lipinski definition) is 1. The minimum atomic E-state index is -3.45. The van der Waals surface area contributed by atoms with Gasteiger partial charge in [-0.15, -0.1) is 0 Å². The second kappa shape index (κ2) is 12.1. The van der Waals surface area contributed by atoms with Crippen LogP contribution in [0, 0.1) is 0 Å². The Kier molecular flexibility index (Phi) is 9.80. The van der Waals surface area contributed by atoms with Crippen LogP contribution in [0.1, 0.15) is 39.7 Å². The van der Waals surface area contributed by atoms with E-state index in [4.69, 9.17) is 14.2 Å². The number of sulfonamides is 1. The molecule has 1 N–H and O–H groups in total. The van der Waals surface area contributed by atoms with Crippen molar-refractivity contribution in [2.45, 2.75) is 46.3 Å². The standard InChI is InChI=1S/C22H34N2O6S/c1-5-12-29-20-9-7-19(14-21(20)28-6-2)8-10-22(25)23-11-13-31(26,27)24-15-17(3)30-18(4)16-24/h7-10,14,17-18H,5-6,11-13,15-16H2,1-4H3,(H,23,25)/b10-8+. The molecule has 31 heavy (non-hydrogen) atoms. The molecule has 1 saturated heterocycles. The van der Waals surface area contributed by atoms with Gasteiger partial charge < -0.3 is 19.5 Å². The summed E-state index contributed by atoms with van der Waals surface area (Å²) in [5.74, 6) is 0.785. The highest BCUT2D eigenvalue weighted by atomic mass is 32.2. The Morgan fingerprint density at radius 2 is 1.90 bits per heavy atom. The molecule has 1 aromatic rings. The van der Waals surface area contributed by atoms with Crippen LogP contribution < -0.4 is 14.8 Å². The Labute approximate surface area is 185 Å². The highest BCUT2D eigenvalue weighted by molar-refractivity contribution is 7.89. The maximum absolute atomic E-state index is 12.5. The van der Waals surface area contributed by atoms with Gasteiger partial charge in [-0.3, -0.25) is 4.79 Å². The third kappa shape index (κ3) is 8.16. The third-order valence-corrected chi connectivity index (χ3v) is 6.40. The SMILES string of the molecule is CCCOc1ccc(/C=C/C(=O)NCCS(=O)(=O)N2CC(C)OC(C)C2)cc1OCC. The summed E-state index contributed by atoms with van der Waals surface area (Å²) >= 11 is 0. The molecule has 174 valence electrons. The van der Waals surface area contributed by atoms with Crippen LogP contribution >= 0.6 is 0 Å². The van der Waals surface area contributed by atoms with E-state index in [9.17, 15) is 13.2 Å². The average Bonchev–Trinajstić information content (AvgIpc) is 2.71. The van der Waals surface area contributed by atoms with Gasteiger partial charge in [0.15, 0.2) is 11.5 Å². The molecule has 1 heterocycles. The first-order valence-corrected chi connectivity index (χ1v) is 12.3. The summed E-state index contributed by atoms with van der Waals surface area (Å²) in [7, 11) is -3.45. The topological polar surface area (TPSA) is 94.2 Å². The van der Waals surface area contributed by atoms with E-state index < -0.39 is 10.0 Å². The molecule has 0 saturated carbocycles. The van der Waals surface area contributed by atoms with Crippen LogP contribution in [-0.4, -0.2) is 69.4 Å². The van der Waals surface area contributed by atoms with Crippen LogP contribution in [0.5, 0.6) is 11.5 Å². The van der Waals surface area contributed by atoms with Crippen molar-refractivity contribution in [2.75, 3.05) is 38.6 Å². The van der Waals surface area contributed by atoms with Crippen molar-refractivity contribution in [3.8, 4) is 11.5 Å². The summed E-state index contributed by atoms with van der Waals surface area (Å²) in [5, 5.41) is 2.63. The molecule has 1 aliphatic rings. The van der Waals surface area contributed by atoms with Crippen molar-refractivity contribution < 1.29 is 27.4 Å². The van der Waals surface area contributed by atoms with Crippen molar-refractivity contribution in [3.05, 3.63) is 29.8 Å². The van der Waals surface area contributed by atoms with Crippen molar-refractivity contribution in [1.82, 2.24) is 9.62 Å². The fraction of sp³-hybridized carbons (Fsp3) is 0.591. The molecule has 1 amide bonds. The van der Waals surface area contributed by atoms with Crippen LogP contribution in [0.15, 0.2) is 24.3 Å². The summed E-state index contributed by atoms with van der Waals surface area (Å²) in [6.45, 7) is 9.44. The van der Waals surface area contributed by atoms with E-state index in [-0.39, 0.29) is 30.4 Å². The number of benzene rings is 1. The maximum Gasteiger partial charge on any atom is 0.244 e. The number of morpholine rings is 1. The predicted octanol–water partition coefficient (Wildman–Crippen LogP) is 2.44. The number of nitrogens with one attached hydrogen (secondary N) is 1. The zero-order valence-electron chi connectivity index (χ0n) is 18.8. The Hall–Kier alpha value is -2.10. The molecule has 0 spiro atoms. The summed E-state index contributed by atoms with van der Waals surface area (Å²) in [6, 6.07) is 5.46. The second-order valence-corrected chi connectivity index (χ2v) is 9.59. The fourth-order valence-electron chi connectivity index (χ4n) is 3.25. The van der Waals surface area contributed by atoms with E-state index in [2.05, 4.69) is 5.32 Å². The van der Waals surface area contributed by atoms with Gasteiger partial charge in [0.1, 0.15) is 0 Å². The minimum absolute atomic E-state index is 0.0413. The highest BCUT2D eigenvalue weighted by Crippen LogP contribution is 2.29. The molecule has 0 aliphatic carbocycles. The Bertz CT molecular complexity index is 846. The Morgan fingerprint density at radius 3 is 2.55 bits per heavy atom. The Balaban J connectivity index is 1.88. The fourth-order valence-corrected chi connectivity index (χ4v) is 4.74. The average molecular weight is 455 g/mol. The molecule has 2 unspecified atom stereocenters. The van der Waals surface area contributed by atoms with Gasteiger partial charge in [0.05, 0.1) is 31.2 Å². The first-order chi connectivity index (χ1) is 14.7. The molecular formula is C22H34N2O6S. The lowest BCUT2D eigenvalue weighted by molar-refractivity contribution is -0.116. The quantitative estimate of drug-likeness (QED) is 0.516. The Morgan fingerprint density at radius 1 is 1.19 bits per heavy atom. The third-order valence-electron chi connectivity index (χ3n) is 4.60. The number of rotatable bonds is 11. The molecule has 0 bridgehead atoms. The lowest BCUT2D eigenvalue weighted by Crippen LogP contribution is -2.49. The molecule has 9 heteroatoms. The van der Waals surface area contributed by atoms with Gasteiger partial charge in [-0.1, -0.05) is 13.0 Å². The molecule has 2 rings (SSSR count). The molecule has 1 aliphatic heterocycles. The summed E-state index contributed by atoms with van der Waals surface area (Å²) in [6.07, 6.45) is 3.64. The number of ether oxygens (including phenoxy) is 3. The van der Waals surface area contributed by atoms with Gasteiger partial charge in [0.25, 0.3) is 0 Å². The summed E-state index contributed by atoms with van der Waals surface area (Å²) < 4.78 is 43.3. The van der Waals surface area contributed by atoms with Gasteiger partial charge in [-0.2, -0.15) is 4.31 Å². The van der Waals surface area contributed by atoms with Gasteiger partial charge in [0, 0.05) is 25.7 Å². The van der Waals surface area contributed by atoms with E-state index >= 15 is 0 Å². The first-order valence-electron chi connectivity index (χ1n) is 10.7. The predicted molar refractivity (Wildman–Crippen MR) is 121 cm³/mol. The number of amides is 1. The lowest BCUT2D eigenvalue weighted by atomic mass is 10.2. The smallest absolute Gasteiger partial charge is 0.244 e. The largest absolute Gasteiger partial charge is 0.490 e. The van der Waals surface area contributed by atoms with E-state index in [1.807, 2.05) is 45.9 Å². The van der Waals surface area contributed by atoms with Crippen LogP contribution in [0.3, 0.4) is 0 Å². The lowest BCUT2D eigenvalue weighted by Gasteiger charge is -2.34. The number of nitrogens with zero attached hydrogens (tertiary/aromatic N) is 1. The van der Waals surface area contributed by atoms with Gasteiger partial charge in [0.2, 0.25) is 15.9 Å². The zero-order valence-corrected chi connectivity index (χ0v) is 19.6. The van der Waals surface area contributed by atoms with Gasteiger partial charge in [-0.05, 0) is 51.0 Å². The molecule has 8 nitrogen and oxygen atoms in total. The summed E-state index contributed by atoms with van der Waals surface area (Å²) in [5.41, 5.74) is 0.784. The van der Waals surface area contributed by atoms with E-state index in [1.165, 1.54) is 10.4 Å². The first kappa shape index (κ1) is 25.2. The molecule has 1 aromatic carbocycles. The number of hydrogen-bond acceptors (Lipinski definition) is 6. The maximum atomic E-state index is 12.5. The van der Waals surface area contributed by atoms with E-state index in [0.717, 1.165) is 12.0 Å². The van der Waals surface area contributed by atoms with Crippen molar-refractivity contribution in [3.63, 3.8) is 0 Å². The molecule has 1 fully saturated rings. The van der Waals surface area contributed by atoms with E-state index in [1.54, 1.807) is 6.08 Å². The number of carbonyl (C=O) groups excluding carboxylic acids is 1. The minimum Gasteiger partial charge on any atom is -0.490 e. The van der Waals surface area contributed by atoms with Crippen LogP contribution in [0.25, 0.3) is 6.08 Å². The van der Waals surface area contributed by atoms with Gasteiger partial charge >= 0.3 is 0 Å². The molecule has 2 atom stereocenters. The second-order valence-electron chi connectivity index (χ2n) is 7.50. The van der Waals surface area contributed by atoms with Crippen LogP contribution in [0.2, 0.25) is 0 Å². The zero-order chi connectivity index (χ0) is 22.9. The van der Waals surface area contributed by atoms with Crippen LogP contribution in [-0.2, 0) is 19.6 Å². The van der Waals surface area contributed by atoms with Crippen molar-refractivity contribution >= 4 is 22.0 Å². The highest BCUT2D eigenvalue weighted by Gasteiger charge is 2.30. The van der Waals surface area contributed by atoms with E-state index in [0.29, 0.717) is 37.8 Å².